The van der Waals surface area contributed by atoms with Gasteiger partial charge < -0.3 is 14.4 Å². The number of carboxylic acids is 1. The van der Waals surface area contributed by atoms with E-state index in [1.807, 2.05) is 13.8 Å². The average Bonchev–Trinajstić information content (AvgIpc) is 3.04. The van der Waals surface area contributed by atoms with Crippen LogP contribution in [0.5, 0.6) is 0 Å². The maximum absolute atomic E-state index is 12.8. The van der Waals surface area contributed by atoms with Crippen molar-refractivity contribution in [1.82, 2.24) is 4.90 Å². The molecule has 8 heteroatoms. The first-order valence-electron chi connectivity index (χ1n) is 8.14. The monoisotopic (exact) mass is 360 g/mol. The van der Waals surface area contributed by atoms with E-state index in [1.165, 1.54) is 23.1 Å². The molecule has 2 aromatic rings. The van der Waals surface area contributed by atoms with Crippen LogP contribution in [-0.4, -0.2) is 32.8 Å². The maximum atomic E-state index is 12.8. The fourth-order valence-electron chi connectivity index (χ4n) is 2.53. The van der Waals surface area contributed by atoms with Crippen molar-refractivity contribution < 1.29 is 24.0 Å². The minimum atomic E-state index is -1.14. The number of non-ortho nitro benzene ring substituents is 1. The first-order chi connectivity index (χ1) is 12.2. The topological polar surface area (TPSA) is 114 Å². The Hall–Kier alpha value is -3.16. The van der Waals surface area contributed by atoms with Crippen LogP contribution in [0.25, 0.3) is 0 Å². The van der Waals surface area contributed by atoms with Crippen LogP contribution in [0, 0.1) is 10.1 Å². The number of carboxylic acid groups (broad SMARTS) is 1. The largest absolute Gasteiger partial charge is 0.478 e. The second-order valence-corrected chi connectivity index (χ2v) is 6.06. The second-order valence-electron chi connectivity index (χ2n) is 6.06. The van der Waals surface area contributed by atoms with Crippen molar-refractivity contribution in [2.24, 2.45) is 0 Å². The lowest BCUT2D eigenvalue weighted by molar-refractivity contribution is -0.384. The van der Waals surface area contributed by atoms with Crippen molar-refractivity contribution in [2.45, 2.75) is 39.8 Å². The van der Waals surface area contributed by atoms with Crippen LogP contribution in [-0.2, 0) is 13.0 Å². The van der Waals surface area contributed by atoms with Gasteiger partial charge in [-0.25, -0.2) is 4.79 Å². The summed E-state index contributed by atoms with van der Waals surface area (Å²) in [5, 5.41) is 19.9. The summed E-state index contributed by atoms with van der Waals surface area (Å²) in [5.74, 6) is -1.36. The highest BCUT2D eigenvalue weighted by molar-refractivity contribution is 5.96. The number of nitro benzene ring substituents is 1. The van der Waals surface area contributed by atoms with E-state index < -0.39 is 16.8 Å². The van der Waals surface area contributed by atoms with Gasteiger partial charge in [-0.05, 0) is 19.4 Å². The molecule has 0 unspecified atom stereocenters. The first-order valence-corrected chi connectivity index (χ1v) is 8.14. The van der Waals surface area contributed by atoms with Gasteiger partial charge in [0.25, 0.3) is 11.6 Å². The van der Waals surface area contributed by atoms with E-state index in [1.54, 1.807) is 19.1 Å². The molecule has 0 saturated heterocycles. The standard InChI is InChI=1S/C18H20N2O6/c1-4-15-14(18(22)23)9-16(26-15)17(21)19(11(2)3)10-12-5-7-13(8-6-12)20(24)25/h5-9,11H,4,10H2,1-3H3,(H,22,23). The van der Waals surface area contributed by atoms with Gasteiger partial charge in [-0.1, -0.05) is 19.1 Å². The molecule has 1 aromatic carbocycles. The molecule has 1 N–H and O–H groups in total. The zero-order valence-electron chi connectivity index (χ0n) is 14.8. The average molecular weight is 360 g/mol. The Labute approximate surface area is 150 Å². The molecular formula is C18H20N2O6. The number of aryl methyl sites for hydroxylation is 1. The highest BCUT2D eigenvalue weighted by Gasteiger charge is 2.26. The smallest absolute Gasteiger partial charge is 0.339 e. The molecule has 0 saturated carbocycles. The molecule has 0 aliphatic rings. The molecule has 8 nitrogen and oxygen atoms in total. The zero-order chi connectivity index (χ0) is 19.4. The van der Waals surface area contributed by atoms with Gasteiger partial charge >= 0.3 is 5.97 Å². The Kier molecular flexibility index (Phi) is 5.76. The highest BCUT2D eigenvalue weighted by Crippen LogP contribution is 2.21. The number of rotatable bonds is 7. The highest BCUT2D eigenvalue weighted by atomic mass is 16.6. The number of amides is 1. The summed E-state index contributed by atoms with van der Waals surface area (Å²) in [6.45, 7) is 5.62. The molecule has 1 amide bonds. The summed E-state index contributed by atoms with van der Waals surface area (Å²) in [6, 6.07) is 6.99. The van der Waals surface area contributed by atoms with E-state index >= 15 is 0 Å². The fourth-order valence-corrected chi connectivity index (χ4v) is 2.53. The fraction of sp³-hybridized carbons (Fsp3) is 0.333. The van der Waals surface area contributed by atoms with Gasteiger partial charge in [-0.2, -0.15) is 0 Å². The van der Waals surface area contributed by atoms with Crippen molar-refractivity contribution in [3.05, 3.63) is 63.1 Å². The van der Waals surface area contributed by atoms with Crippen LogP contribution in [0.3, 0.4) is 0 Å². The molecule has 0 atom stereocenters. The van der Waals surface area contributed by atoms with Gasteiger partial charge in [0.1, 0.15) is 11.3 Å². The van der Waals surface area contributed by atoms with Crippen molar-refractivity contribution in [3.63, 3.8) is 0 Å². The van der Waals surface area contributed by atoms with Gasteiger partial charge in [0, 0.05) is 37.2 Å². The number of carbonyl (C=O) groups is 2. The number of benzene rings is 1. The number of carbonyl (C=O) groups excluding carboxylic acids is 1. The van der Waals surface area contributed by atoms with Crippen molar-refractivity contribution in [3.8, 4) is 0 Å². The van der Waals surface area contributed by atoms with Crippen molar-refractivity contribution >= 4 is 17.6 Å². The summed E-state index contributed by atoms with van der Waals surface area (Å²) < 4.78 is 5.45. The molecule has 138 valence electrons. The Morgan fingerprint density at radius 3 is 2.31 bits per heavy atom. The molecule has 0 aliphatic carbocycles. The SMILES string of the molecule is CCc1oc(C(=O)N(Cc2ccc([N+](=O)[O-])cc2)C(C)C)cc1C(=O)O. The second kappa shape index (κ2) is 7.81. The zero-order valence-corrected chi connectivity index (χ0v) is 14.8. The minimum absolute atomic E-state index is 0.0186. The summed E-state index contributed by atoms with van der Waals surface area (Å²) in [4.78, 5) is 35.8. The third-order valence-corrected chi connectivity index (χ3v) is 3.96. The minimum Gasteiger partial charge on any atom is -0.478 e. The lowest BCUT2D eigenvalue weighted by atomic mass is 10.1. The maximum Gasteiger partial charge on any atom is 0.339 e. The van der Waals surface area contributed by atoms with Gasteiger partial charge in [-0.15, -0.1) is 0 Å². The predicted molar refractivity (Wildman–Crippen MR) is 93.2 cm³/mol. The predicted octanol–water partition coefficient (Wildman–Crippen LogP) is 3.50. The van der Waals surface area contributed by atoms with Crippen LogP contribution in [0.15, 0.2) is 34.7 Å². The summed E-state index contributed by atoms with van der Waals surface area (Å²) >= 11 is 0. The normalized spacial score (nSPS) is 10.8. The number of nitrogens with zero attached hydrogens (tertiary/aromatic N) is 2. The van der Waals surface area contributed by atoms with Crippen LogP contribution < -0.4 is 0 Å². The number of hydrogen-bond acceptors (Lipinski definition) is 5. The lowest BCUT2D eigenvalue weighted by Gasteiger charge is -2.26. The third-order valence-electron chi connectivity index (χ3n) is 3.96. The lowest BCUT2D eigenvalue weighted by Crippen LogP contribution is -2.36. The van der Waals surface area contributed by atoms with Gasteiger partial charge in [0.05, 0.1) is 4.92 Å². The van der Waals surface area contributed by atoms with E-state index in [0.717, 1.165) is 5.56 Å². The van der Waals surface area contributed by atoms with Crippen molar-refractivity contribution in [2.75, 3.05) is 0 Å². The first kappa shape index (κ1) is 19.2. The van der Waals surface area contributed by atoms with Crippen LogP contribution in [0.4, 0.5) is 5.69 Å². The molecule has 0 spiro atoms. The molecule has 0 bridgehead atoms. The van der Waals surface area contributed by atoms with Crippen LogP contribution in [0.1, 0.15) is 53.0 Å². The number of furan rings is 1. The Morgan fingerprint density at radius 1 is 1.27 bits per heavy atom. The number of hydrogen-bond donors (Lipinski definition) is 1. The van der Waals surface area contributed by atoms with E-state index in [4.69, 9.17) is 4.42 Å². The van der Waals surface area contributed by atoms with Crippen molar-refractivity contribution in [1.29, 1.82) is 0 Å². The number of aromatic carboxylic acids is 1. The molecule has 2 rings (SSSR count). The Bertz CT molecular complexity index is 823. The van der Waals surface area contributed by atoms with E-state index in [-0.39, 0.29) is 35.4 Å². The molecule has 0 aliphatic heterocycles. The molecule has 0 radical (unpaired) electrons. The molecular weight excluding hydrogens is 340 g/mol. The van der Waals surface area contributed by atoms with Gasteiger partial charge in [-0.3, -0.25) is 14.9 Å². The molecule has 0 fully saturated rings. The quantitative estimate of drug-likeness (QED) is 0.597. The molecule has 1 heterocycles. The summed E-state index contributed by atoms with van der Waals surface area (Å²) in [5.41, 5.74) is 0.675. The third kappa shape index (κ3) is 4.08. The van der Waals surface area contributed by atoms with E-state index in [2.05, 4.69) is 0 Å². The summed E-state index contributed by atoms with van der Waals surface area (Å²) in [6.07, 6.45) is 0.360. The van der Waals surface area contributed by atoms with E-state index in [9.17, 15) is 24.8 Å². The molecule has 1 aromatic heterocycles. The Morgan fingerprint density at radius 2 is 1.88 bits per heavy atom. The summed E-state index contributed by atoms with van der Waals surface area (Å²) in [7, 11) is 0. The van der Waals surface area contributed by atoms with E-state index in [0.29, 0.717) is 6.42 Å². The molecule has 26 heavy (non-hydrogen) atoms. The van der Waals surface area contributed by atoms with Gasteiger partial charge in [0.15, 0.2) is 5.76 Å². The van der Waals surface area contributed by atoms with Crippen LogP contribution in [0.2, 0.25) is 0 Å². The number of nitro groups is 1. The van der Waals surface area contributed by atoms with Gasteiger partial charge in [0.2, 0.25) is 0 Å². The Balaban J connectivity index is 2.27. The van der Waals surface area contributed by atoms with Crippen LogP contribution >= 0.6 is 0 Å².